The van der Waals surface area contributed by atoms with E-state index in [0.717, 1.165) is 11.6 Å². The summed E-state index contributed by atoms with van der Waals surface area (Å²) < 4.78 is 36.7. The third-order valence-corrected chi connectivity index (χ3v) is 5.34. The number of benzene rings is 1. The highest BCUT2D eigenvalue weighted by atomic mass is 32.2. The maximum Gasteiger partial charge on any atom is 0.238 e. The van der Waals surface area contributed by atoms with Crippen LogP contribution in [0.15, 0.2) is 52.8 Å². The van der Waals surface area contributed by atoms with Crippen LogP contribution >= 0.6 is 11.8 Å². The van der Waals surface area contributed by atoms with Crippen molar-refractivity contribution in [2.75, 3.05) is 11.6 Å². The molecule has 3 N–H and O–H groups in total. The van der Waals surface area contributed by atoms with Crippen molar-refractivity contribution in [2.45, 2.75) is 16.6 Å². The van der Waals surface area contributed by atoms with Gasteiger partial charge in [0.05, 0.1) is 16.2 Å². The van der Waals surface area contributed by atoms with Gasteiger partial charge in [-0.25, -0.2) is 27.9 Å². The van der Waals surface area contributed by atoms with E-state index in [4.69, 9.17) is 5.14 Å². The van der Waals surface area contributed by atoms with Crippen LogP contribution in [0.4, 0.5) is 10.2 Å². The van der Waals surface area contributed by atoms with Crippen molar-refractivity contribution < 1.29 is 17.6 Å². The predicted octanol–water partition coefficient (Wildman–Crippen LogP) is 2.47. The average molecular weight is 433 g/mol. The highest BCUT2D eigenvalue weighted by Crippen LogP contribution is 2.23. The molecule has 150 valence electrons. The minimum atomic E-state index is -4.04. The molecule has 0 fully saturated rings. The van der Waals surface area contributed by atoms with Crippen LogP contribution in [0.25, 0.3) is 11.3 Å². The summed E-state index contributed by atoms with van der Waals surface area (Å²) >= 11 is 1.35. The lowest BCUT2D eigenvalue weighted by Gasteiger charge is -2.09. The highest BCUT2D eigenvalue weighted by molar-refractivity contribution is 7.98. The molecule has 8 nitrogen and oxygen atoms in total. The number of thioether (sulfide) groups is 1. The highest BCUT2D eigenvalue weighted by Gasteiger charge is 2.13. The molecule has 0 aliphatic heterocycles. The number of anilines is 1. The van der Waals surface area contributed by atoms with E-state index in [9.17, 15) is 17.6 Å². The van der Waals surface area contributed by atoms with Gasteiger partial charge in [0.1, 0.15) is 11.6 Å². The molecule has 0 atom stereocenters. The average Bonchev–Trinajstić information content (AvgIpc) is 2.71. The van der Waals surface area contributed by atoms with E-state index >= 15 is 0 Å². The van der Waals surface area contributed by atoms with Crippen molar-refractivity contribution in [2.24, 2.45) is 5.14 Å². The summed E-state index contributed by atoms with van der Waals surface area (Å²) in [6, 6.07) is 6.67. The molecular formula is C18H16FN5O3S2. The molecule has 0 saturated carbocycles. The predicted molar refractivity (Wildman–Crippen MR) is 108 cm³/mol. The Morgan fingerprint density at radius 3 is 2.62 bits per heavy atom. The second-order valence-corrected chi connectivity index (χ2v) is 8.24. The first-order valence-electron chi connectivity index (χ1n) is 8.19. The van der Waals surface area contributed by atoms with Gasteiger partial charge in [0.25, 0.3) is 0 Å². The number of hydrogen-bond acceptors (Lipinski definition) is 8. The summed E-state index contributed by atoms with van der Waals surface area (Å²) in [5, 5.41) is 8.67. The summed E-state index contributed by atoms with van der Waals surface area (Å²) in [5.74, 6) is -0.319. The topological polar surface area (TPSA) is 128 Å². The Labute approximate surface area is 170 Å². The normalized spacial score (nSPS) is 11.3. The number of aldehydes is 1. The second kappa shape index (κ2) is 8.64. The largest absolute Gasteiger partial charge is 0.365 e. The van der Waals surface area contributed by atoms with E-state index in [0.29, 0.717) is 35.1 Å². The first-order chi connectivity index (χ1) is 13.8. The maximum absolute atomic E-state index is 13.8. The van der Waals surface area contributed by atoms with E-state index in [1.54, 1.807) is 18.3 Å². The van der Waals surface area contributed by atoms with Crippen molar-refractivity contribution in [3.05, 3.63) is 59.7 Å². The number of carbonyl (C=O) groups excluding carboxylic acids is 1. The quantitative estimate of drug-likeness (QED) is 0.330. The van der Waals surface area contributed by atoms with Crippen molar-refractivity contribution in [3.63, 3.8) is 0 Å². The molecule has 1 aromatic carbocycles. The summed E-state index contributed by atoms with van der Waals surface area (Å²) in [5.41, 5.74) is 1.79. The third-order valence-electron chi connectivity index (χ3n) is 3.88. The minimum absolute atomic E-state index is 0.289. The molecule has 0 aliphatic rings. The molecule has 0 spiro atoms. The number of hydrogen-bond donors (Lipinski definition) is 2. The lowest BCUT2D eigenvalue weighted by Crippen LogP contribution is -2.12. The van der Waals surface area contributed by atoms with Gasteiger partial charge in [-0.05, 0) is 36.1 Å². The number of nitrogens with zero attached hydrogens (tertiary/aromatic N) is 3. The second-order valence-electron chi connectivity index (χ2n) is 5.90. The fourth-order valence-electron chi connectivity index (χ4n) is 2.46. The van der Waals surface area contributed by atoms with Crippen molar-refractivity contribution >= 4 is 33.9 Å². The zero-order chi connectivity index (χ0) is 21.0. The first-order valence-corrected chi connectivity index (χ1v) is 11.0. The number of nitrogens with two attached hydrogens (primary N) is 1. The first kappa shape index (κ1) is 20.8. The van der Waals surface area contributed by atoms with Gasteiger partial charge in [-0.3, -0.25) is 9.78 Å². The fraction of sp³-hybridized carbons (Fsp3) is 0.111. The minimum Gasteiger partial charge on any atom is -0.365 e. The molecule has 0 unspecified atom stereocenters. The molecule has 2 aromatic heterocycles. The molecule has 3 aromatic rings. The number of halogens is 1. The van der Waals surface area contributed by atoms with E-state index in [-0.39, 0.29) is 10.5 Å². The number of carbonyl (C=O) groups is 1. The Hall–Kier alpha value is -2.89. The standard InChI is InChI=1S/C18H16FN5O3S2/c1-28-18-23-9-13(10-25)17(24-18)22-8-11-2-3-16(21-7-11)12-4-14(19)6-15(5-12)29(20,26)27/h2-7,9-10H,8H2,1H3,(H2,20,26,27)(H,22,23,24). The number of sulfonamides is 1. The van der Waals surface area contributed by atoms with Crippen LogP contribution in [0.3, 0.4) is 0 Å². The SMILES string of the molecule is CSc1ncc(C=O)c(NCc2ccc(-c3cc(F)cc(S(N)(=O)=O)c3)nc2)n1. The lowest BCUT2D eigenvalue weighted by molar-refractivity contribution is 0.112. The van der Waals surface area contributed by atoms with Crippen LogP contribution in [-0.2, 0) is 16.6 Å². The van der Waals surface area contributed by atoms with E-state index in [1.165, 1.54) is 30.1 Å². The van der Waals surface area contributed by atoms with Crippen LogP contribution in [0, 0.1) is 5.82 Å². The van der Waals surface area contributed by atoms with Crippen molar-refractivity contribution in [1.82, 2.24) is 15.0 Å². The van der Waals surface area contributed by atoms with Crippen LogP contribution in [0.2, 0.25) is 0 Å². The van der Waals surface area contributed by atoms with Crippen LogP contribution in [0.1, 0.15) is 15.9 Å². The van der Waals surface area contributed by atoms with Crippen LogP contribution in [-0.4, -0.2) is 35.9 Å². The van der Waals surface area contributed by atoms with Gasteiger partial charge in [0, 0.05) is 24.5 Å². The van der Waals surface area contributed by atoms with Gasteiger partial charge >= 0.3 is 0 Å². The summed E-state index contributed by atoms with van der Waals surface area (Å²) in [4.78, 5) is 23.4. The van der Waals surface area contributed by atoms with Crippen LogP contribution in [0.5, 0.6) is 0 Å². The van der Waals surface area contributed by atoms with Crippen molar-refractivity contribution in [1.29, 1.82) is 0 Å². The molecule has 11 heteroatoms. The third kappa shape index (κ3) is 5.13. The number of rotatable bonds is 7. The molecule has 0 bridgehead atoms. The van der Waals surface area contributed by atoms with Gasteiger partial charge in [-0.2, -0.15) is 0 Å². The monoisotopic (exact) mass is 433 g/mol. The number of primary sulfonamides is 1. The Morgan fingerprint density at radius 1 is 1.21 bits per heavy atom. The van der Waals surface area contributed by atoms with E-state index in [1.807, 2.05) is 6.26 Å². The van der Waals surface area contributed by atoms with Gasteiger partial charge in [-0.1, -0.05) is 17.8 Å². The Bertz CT molecular complexity index is 1150. The molecule has 0 aliphatic carbocycles. The molecule has 0 saturated heterocycles. The van der Waals surface area contributed by atoms with E-state index in [2.05, 4.69) is 20.3 Å². The summed E-state index contributed by atoms with van der Waals surface area (Å²) in [7, 11) is -4.04. The zero-order valence-electron chi connectivity index (χ0n) is 15.2. The molecule has 0 amide bonds. The molecule has 0 radical (unpaired) electrons. The fourth-order valence-corrected chi connectivity index (χ4v) is 3.37. The lowest BCUT2D eigenvalue weighted by atomic mass is 10.1. The smallest absolute Gasteiger partial charge is 0.238 e. The zero-order valence-corrected chi connectivity index (χ0v) is 16.8. The Morgan fingerprint density at radius 2 is 2.00 bits per heavy atom. The number of nitrogens with one attached hydrogen (secondary N) is 1. The summed E-state index contributed by atoms with van der Waals surface area (Å²) in [6.07, 6.45) is 5.50. The molecular weight excluding hydrogens is 417 g/mol. The number of pyridine rings is 1. The molecule has 29 heavy (non-hydrogen) atoms. The Kier molecular flexibility index (Phi) is 6.20. The molecule has 3 rings (SSSR count). The molecule has 2 heterocycles. The van der Waals surface area contributed by atoms with Crippen LogP contribution < -0.4 is 10.5 Å². The maximum atomic E-state index is 13.8. The van der Waals surface area contributed by atoms with Gasteiger partial charge in [0.15, 0.2) is 11.4 Å². The summed E-state index contributed by atoms with van der Waals surface area (Å²) in [6.45, 7) is 0.338. The van der Waals surface area contributed by atoms with Gasteiger partial charge < -0.3 is 5.32 Å². The van der Waals surface area contributed by atoms with Gasteiger partial charge in [0.2, 0.25) is 10.0 Å². The van der Waals surface area contributed by atoms with E-state index < -0.39 is 15.8 Å². The number of aromatic nitrogens is 3. The Balaban J connectivity index is 1.80. The van der Waals surface area contributed by atoms with Gasteiger partial charge in [-0.15, -0.1) is 0 Å². The van der Waals surface area contributed by atoms with Crippen molar-refractivity contribution in [3.8, 4) is 11.3 Å².